The van der Waals surface area contributed by atoms with Crippen molar-refractivity contribution in [2.75, 3.05) is 19.7 Å². The first-order chi connectivity index (χ1) is 6.36. The Morgan fingerprint density at radius 2 is 2.46 bits per heavy atom. The first kappa shape index (κ1) is 10.2. The monoisotopic (exact) mass is 183 g/mol. The second-order valence-corrected chi connectivity index (χ2v) is 2.93. The van der Waals surface area contributed by atoms with Gasteiger partial charge in [-0.15, -0.1) is 0 Å². The number of imidazole rings is 1. The van der Waals surface area contributed by atoms with Crippen LogP contribution in [0.2, 0.25) is 0 Å². The smallest absolute Gasteiger partial charge is 0.0950 e. The Morgan fingerprint density at radius 3 is 3.15 bits per heavy atom. The van der Waals surface area contributed by atoms with Crippen LogP contribution >= 0.6 is 0 Å². The molecule has 0 radical (unpaired) electrons. The fraction of sp³-hybridized carbons (Fsp3) is 0.667. The molecule has 0 saturated heterocycles. The number of rotatable bonds is 6. The molecule has 0 bridgehead atoms. The molecule has 1 aromatic heterocycles. The van der Waals surface area contributed by atoms with E-state index in [-0.39, 0.29) is 6.61 Å². The molecule has 0 aliphatic heterocycles. The van der Waals surface area contributed by atoms with E-state index in [0.717, 1.165) is 25.2 Å². The van der Waals surface area contributed by atoms with Gasteiger partial charge in [0.05, 0.1) is 18.6 Å². The molecular weight excluding hydrogens is 166 g/mol. The summed E-state index contributed by atoms with van der Waals surface area (Å²) >= 11 is 0. The van der Waals surface area contributed by atoms with Crippen LogP contribution in [-0.4, -0.2) is 34.4 Å². The largest absolute Gasteiger partial charge is 0.395 e. The predicted molar refractivity (Wildman–Crippen MR) is 51.6 cm³/mol. The maximum atomic E-state index is 8.68. The van der Waals surface area contributed by atoms with Gasteiger partial charge in [-0.25, -0.2) is 4.98 Å². The lowest BCUT2D eigenvalue weighted by Crippen LogP contribution is -2.16. The van der Waals surface area contributed by atoms with E-state index < -0.39 is 0 Å². The third kappa shape index (κ3) is 3.57. The number of hydrogen-bond acceptors (Lipinski definition) is 3. The highest BCUT2D eigenvalue weighted by Gasteiger charge is 1.97. The summed E-state index contributed by atoms with van der Waals surface area (Å²) in [7, 11) is 0. The molecular formula is C9H17N3O. The second kappa shape index (κ2) is 5.72. The van der Waals surface area contributed by atoms with Gasteiger partial charge in [-0.05, 0) is 6.54 Å². The Bertz CT molecular complexity index is 235. The Labute approximate surface area is 78.6 Å². The van der Waals surface area contributed by atoms with Crippen LogP contribution in [0.15, 0.2) is 12.5 Å². The van der Waals surface area contributed by atoms with E-state index in [1.165, 1.54) is 0 Å². The van der Waals surface area contributed by atoms with E-state index >= 15 is 0 Å². The summed E-state index contributed by atoms with van der Waals surface area (Å²) < 4.78 is 1.90. The molecule has 1 rings (SSSR count). The zero-order chi connectivity index (χ0) is 9.52. The van der Waals surface area contributed by atoms with Crippen LogP contribution in [0.4, 0.5) is 0 Å². The summed E-state index contributed by atoms with van der Waals surface area (Å²) in [6, 6.07) is 0. The van der Waals surface area contributed by atoms with Crippen molar-refractivity contribution in [2.24, 2.45) is 0 Å². The summed E-state index contributed by atoms with van der Waals surface area (Å²) in [6.45, 7) is 4.85. The third-order valence-electron chi connectivity index (χ3n) is 1.85. The summed E-state index contributed by atoms with van der Waals surface area (Å²) in [5.74, 6) is 0. The molecule has 4 heteroatoms. The molecule has 13 heavy (non-hydrogen) atoms. The first-order valence-electron chi connectivity index (χ1n) is 4.69. The van der Waals surface area contributed by atoms with E-state index in [0.29, 0.717) is 6.54 Å². The quantitative estimate of drug-likeness (QED) is 0.612. The molecule has 0 aromatic carbocycles. The molecule has 4 nitrogen and oxygen atoms in total. The fourth-order valence-electron chi connectivity index (χ4n) is 1.17. The van der Waals surface area contributed by atoms with Crippen LogP contribution in [0.3, 0.4) is 0 Å². The summed E-state index contributed by atoms with van der Waals surface area (Å²) in [5.41, 5.74) is 1.08. The molecule has 0 amide bonds. The van der Waals surface area contributed by atoms with Gasteiger partial charge in [0.15, 0.2) is 0 Å². The third-order valence-corrected chi connectivity index (χ3v) is 1.85. The van der Waals surface area contributed by atoms with Gasteiger partial charge in [0.25, 0.3) is 0 Å². The van der Waals surface area contributed by atoms with E-state index in [9.17, 15) is 0 Å². The lowest BCUT2D eigenvalue weighted by Gasteiger charge is -1.97. The predicted octanol–water partition coefficient (Wildman–Crippen LogP) is 0.0274. The Balaban J connectivity index is 2.31. The van der Waals surface area contributed by atoms with Crippen LogP contribution in [-0.2, 0) is 13.0 Å². The minimum atomic E-state index is 0.170. The van der Waals surface area contributed by atoms with Gasteiger partial charge < -0.3 is 15.0 Å². The molecule has 0 unspecified atom stereocenters. The maximum Gasteiger partial charge on any atom is 0.0950 e. The Morgan fingerprint density at radius 1 is 1.62 bits per heavy atom. The van der Waals surface area contributed by atoms with E-state index in [2.05, 4.69) is 17.2 Å². The molecule has 0 atom stereocenters. The van der Waals surface area contributed by atoms with Gasteiger partial charge in [-0.3, -0.25) is 0 Å². The van der Waals surface area contributed by atoms with Crippen molar-refractivity contribution >= 4 is 0 Å². The lowest BCUT2D eigenvalue weighted by molar-refractivity contribution is 0.276. The minimum Gasteiger partial charge on any atom is -0.395 e. The topological polar surface area (TPSA) is 50.1 Å². The van der Waals surface area contributed by atoms with Crippen molar-refractivity contribution in [1.82, 2.24) is 14.9 Å². The van der Waals surface area contributed by atoms with Crippen molar-refractivity contribution in [1.29, 1.82) is 0 Å². The second-order valence-electron chi connectivity index (χ2n) is 2.93. The number of aliphatic hydroxyl groups excluding tert-OH is 1. The number of hydrogen-bond donors (Lipinski definition) is 2. The molecule has 0 fully saturated rings. The highest BCUT2D eigenvalue weighted by molar-refractivity contribution is 4.97. The van der Waals surface area contributed by atoms with Gasteiger partial charge in [0.2, 0.25) is 0 Å². The van der Waals surface area contributed by atoms with E-state index in [1.807, 2.05) is 10.8 Å². The summed E-state index contributed by atoms with van der Waals surface area (Å²) in [5, 5.41) is 11.9. The van der Waals surface area contributed by atoms with Crippen molar-refractivity contribution < 1.29 is 5.11 Å². The van der Waals surface area contributed by atoms with Gasteiger partial charge in [-0.2, -0.15) is 0 Å². The number of aromatic nitrogens is 2. The number of aliphatic hydroxyl groups is 1. The standard InChI is InChI=1S/C9H17N3O/c1-2-10-4-3-9-7-12(5-6-13)8-11-9/h7-8,10,13H,2-6H2,1H3. The highest BCUT2D eigenvalue weighted by Crippen LogP contribution is 1.96. The number of nitrogens with one attached hydrogen (secondary N) is 1. The van der Waals surface area contributed by atoms with Crippen molar-refractivity contribution in [3.63, 3.8) is 0 Å². The van der Waals surface area contributed by atoms with Gasteiger partial charge in [0.1, 0.15) is 0 Å². The molecule has 1 aromatic rings. The van der Waals surface area contributed by atoms with Crippen molar-refractivity contribution in [3.05, 3.63) is 18.2 Å². The van der Waals surface area contributed by atoms with Gasteiger partial charge >= 0.3 is 0 Å². The molecule has 74 valence electrons. The number of nitrogens with zero attached hydrogens (tertiary/aromatic N) is 2. The SMILES string of the molecule is CCNCCc1cn(CCO)cn1. The zero-order valence-corrected chi connectivity index (χ0v) is 8.03. The van der Waals surface area contributed by atoms with Crippen LogP contribution in [0.5, 0.6) is 0 Å². The van der Waals surface area contributed by atoms with Gasteiger partial charge in [-0.1, -0.05) is 6.92 Å². The molecule has 0 aliphatic rings. The van der Waals surface area contributed by atoms with E-state index in [4.69, 9.17) is 5.11 Å². The molecule has 0 aliphatic carbocycles. The minimum absolute atomic E-state index is 0.170. The van der Waals surface area contributed by atoms with Crippen LogP contribution in [0.25, 0.3) is 0 Å². The average molecular weight is 183 g/mol. The zero-order valence-electron chi connectivity index (χ0n) is 8.03. The van der Waals surface area contributed by atoms with Gasteiger partial charge in [0, 0.05) is 25.7 Å². The maximum absolute atomic E-state index is 8.68. The molecule has 2 N–H and O–H groups in total. The molecule has 0 spiro atoms. The fourth-order valence-corrected chi connectivity index (χ4v) is 1.17. The number of likely N-dealkylation sites (N-methyl/N-ethyl adjacent to an activating group) is 1. The average Bonchev–Trinajstić information content (AvgIpc) is 2.54. The first-order valence-corrected chi connectivity index (χ1v) is 4.69. The van der Waals surface area contributed by atoms with Crippen LogP contribution in [0.1, 0.15) is 12.6 Å². The highest BCUT2D eigenvalue weighted by atomic mass is 16.3. The van der Waals surface area contributed by atoms with Crippen molar-refractivity contribution in [3.8, 4) is 0 Å². The summed E-state index contributed by atoms with van der Waals surface area (Å²) in [6.07, 6.45) is 4.69. The van der Waals surface area contributed by atoms with Crippen LogP contribution in [0, 0.1) is 0 Å². The molecule has 0 saturated carbocycles. The molecule has 1 heterocycles. The van der Waals surface area contributed by atoms with E-state index in [1.54, 1.807) is 6.33 Å². The summed E-state index contributed by atoms with van der Waals surface area (Å²) in [4.78, 5) is 4.22. The Kier molecular flexibility index (Phi) is 4.49. The van der Waals surface area contributed by atoms with Crippen LogP contribution < -0.4 is 5.32 Å². The Hall–Kier alpha value is -0.870. The lowest BCUT2D eigenvalue weighted by atomic mass is 10.3. The normalized spacial score (nSPS) is 10.6. The van der Waals surface area contributed by atoms with Crippen molar-refractivity contribution in [2.45, 2.75) is 19.9 Å².